The smallest absolute Gasteiger partial charge is 0.389 e. The Balaban J connectivity index is 1.58. The molecule has 12 heteroatoms. The van der Waals surface area contributed by atoms with Gasteiger partial charge in [0.25, 0.3) is 5.91 Å². The third-order valence-electron chi connectivity index (χ3n) is 5.82. The Hall–Kier alpha value is -3.54. The monoisotopic (exact) mass is 462 g/mol. The summed E-state index contributed by atoms with van der Waals surface area (Å²) in [5.74, 6) is -1.84. The van der Waals surface area contributed by atoms with Crippen molar-refractivity contribution in [2.45, 2.75) is 18.3 Å². The van der Waals surface area contributed by atoms with Crippen LogP contribution in [-0.4, -0.2) is 67.9 Å². The average Bonchev–Trinajstić information content (AvgIpc) is 3.09. The van der Waals surface area contributed by atoms with Crippen molar-refractivity contribution < 1.29 is 27.5 Å². The summed E-state index contributed by atoms with van der Waals surface area (Å²) in [6, 6.07) is 3.65. The van der Waals surface area contributed by atoms with Crippen LogP contribution < -0.4 is 4.90 Å². The SMILES string of the molecule is C=C(F)C(=O)N1CC(n2nc(-c3ccc(C(F)(F)F)nc3)c3nccc(N4CC(O)C4)c32)C1. The number of rotatable bonds is 4. The standard InChI is InChI=1S/C21H18F4N6O2/c1-11(22)20(33)30-7-13(8-30)31-19-15(29-9-14(32)10-29)4-5-26-18(19)17(28-31)12-2-3-16(27-6-12)21(23,24)25/h2-6,13-14,32H,1,7-10H2. The van der Waals surface area contributed by atoms with Crippen LogP contribution in [-0.2, 0) is 11.0 Å². The predicted octanol–water partition coefficient (Wildman–Crippen LogP) is 2.56. The second-order valence-corrected chi connectivity index (χ2v) is 8.08. The Labute approximate surface area is 184 Å². The molecule has 0 aromatic carbocycles. The van der Waals surface area contributed by atoms with Gasteiger partial charge in [0, 0.05) is 44.1 Å². The number of carbonyl (C=O) groups is 1. The molecule has 2 aliphatic heterocycles. The number of hydrogen-bond acceptors (Lipinski definition) is 6. The second-order valence-electron chi connectivity index (χ2n) is 8.08. The number of aliphatic hydroxyl groups is 1. The van der Waals surface area contributed by atoms with Crippen molar-refractivity contribution >= 4 is 22.6 Å². The Bertz CT molecular complexity index is 1240. The molecule has 5 heterocycles. The summed E-state index contributed by atoms with van der Waals surface area (Å²) in [6.07, 6.45) is -2.36. The lowest BCUT2D eigenvalue weighted by molar-refractivity contribution is -0.141. The highest BCUT2D eigenvalue weighted by Crippen LogP contribution is 2.38. The zero-order valence-electron chi connectivity index (χ0n) is 17.1. The second kappa shape index (κ2) is 7.51. The van der Waals surface area contributed by atoms with E-state index in [9.17, 15) is 27.5 Å². The Morgan fingerprint density at radius 3 is 2.42 bits per heavy atom. The van der Waals surface area contributed by atoms with E-state index in [2.05, 4.69) is 21.6 Å². The number of aromatic nitrogens is 4. The lowest BCUT2D eigenvalue weighted by atomic mass is 10.1. The van der Waals surface area contributed by atoms with Gasteiger partial charge in [0.2, 0.25) is 0 Å². The molecule has 0 unspecified atom stereocenters. The fraction of sp³-hybridized carbons (Fsp3) is 0.333. The Kier molecular flexibility index (Phi) is 4.85. The van der Waals surface area contributed by atoms with Gasteiger partial charge < -0.3 is 14.9 Å². The number of pyridine rings is 2. The highest BCUT2D eigenvalue weighted by atomic mass is 19.4. The minimum Gasteiger partial charge on any atom is -0.389 e. The van der Waals surface area contributed by atoms with Crippen LogP contribution in [0.3, 0.4) is 0 Å². The van der Waals surface area contributed by atoms with Crippen molar-refractivity contribution in [3.8, 4) is 11.3 Å². The number of nitrogens with zero attached hydrogens (tertiary/aromatic N) is 6. The van der Waals surface area contributed by atoms with Gasteiger partial charge in [-0.1, -0.05) is 6.58 Å². The molecule has 1 amide bonds. The molecular formula is C21H18F4N6O2. The molecule has 0 bridgehead atoms. The Morgan fingerprint density at radius 2 is 1.85 bits per heavy atom. The minimum absolute atomic E-state index is 0.195. The number of fused-ring (bicyclic) bond motifs is 1. The van der Waals surface area contributed by atoms with Crippen molar-refractivity contribution in [1.82, 2.24) is 24.6 Å². The molecule has 2 saturated heterocycles. The molecule has 33 heavy (non-hydrogen) atoms. The van der Waals surface area contributed by atoms with E-state index >= 15 is 0 Å². The molecule has 0 spiro atoms. The number of alkyl halides is 3. The summed E-state index contributed by atoms with van der Waals surface area (Å²) in [7, 11) is 0. The van der Waals surface area contributed by atoms with Crippen molar-refractivity contribution in [1.29, 1.82) is 0 Å². The van der Waals surface area contributed by atoms with Gasteiger partial charge in [-0.25, -0.2) is 4.39 Å². The lowest BCUT2D eigenvalue weighted by Crippen LogP contribution is -2.52. The van der Waals surface area contributed by atoms with Crippen LogP contribution in [0.2, 0.25) is 0 Å². The number of anilines is 1. The third kappa shape index (κ3) is 3.59. The van der Waals surface area contributed by atoms with Crippen LogP contribution in [0.1, 0.15) is 11.7 Å². The van der Waals surface area contributed by atoms with Crippen molar-refractivity contribution in [3.63, 3.8) is 0 Å². The number of β-amino-alcohol motifs (C(OH)–C–C–N with tert-alkyl or cyclic N) is 1. The molecule has 8 nitrogen and oxygen atoms in total. The average molecular weight is 462 g/mol. The first kappa shape index (κ1) is 21.3. The number of hydrogen-bond donors (Lipinski definition) is 1. The van der Waals surface area contributed by atoms with Gasteiger partial charge >= 0.3 is 6.18 Å². The highest BCUT2D eigenvalue weighted by Gasteiger charge is 2.37. The maximum Gasteiger partial charge on any atom is 0.433 e. The highest BCUT2D eigenvalue weighted by molar-refractivity contribution is 5.98. The zero-order chi connectivity index (χ0) is 23.5. The van der Waals surface area contributed by atoms with Crippen LogP contribution in [0, 0.1) is 0 Å². The molecule has 2 fully saturated rings. The van der Waals surface area contributed by atoms with Crippen LogP contribution in [0.25, 0.3) is 22.3 Å². The molecule has 2 aliphatic rings. The summed E-state index contributed by atoms with van der Waals surface area (Å²) >= 11 is 0. The molecule has 5 rings (SSSR count). The van der Waals surface area contributed by atoms with Crippen molar-refractivity contribution in [2.24, 2.45) is 0 Å². The number of aliphatic hydroxyl groups excluding tert-OH is 1. The first-order valence-electron chi connectivity index (χ1n) is 10.1. The topological polar surface area (TPSA) is 87.4 Å². The summed E-state index contributed by atoms with van der Waals surface area (Å²) in [5, 5.41) is 14.4. The van der Waals surface area contributed by atoms with E-state index in [0.29, 0.717) is 35.4 Å². The largest absolute Gasteiger partial charge is 0.433 e. The predicted molar refractivity (Wildman–Crippen MR) is 110 cm³/mol. The van der Waals surface area contributed by atoms with E-state index in [-0.39, 0.29) is 19.1 Å². The van der Waals surface area contributed by atoms with E-state index in [0.717, 1.165) is 18.0 Å². The number of amides is 1. The maximum atomic E-state index is 13.2. The molecular weight excluding hydrogens is 444 g/mol. The lowest BCUT2D eigenvalue weighted by Gasteiger charge is -2.41. The number of halogens is 4. The molecule has 172 valence electrons. The van der Waals surface area contributed by atoms with Crippen LogP contribution in [0.4, 0.5) is 23.2 Å². The van der Waals surface area contributed by atoms with E-state index in [1.165, 1.54) is 11.0 Å². The fourth-order valence-electron chi connectivity index (χ4n) is 4.06. The Morgan fingerprint density at radius 1 is 1.12 bits per heavy atom. The normalized spacial score (nSPS) is 17.2. The van der Waals surface area contributed by atoms with Crippen molar-refractivity contribution in [2.75, 3.05) is 31.1 Å². The molecule has 0 aliphatic carbocycles. The van der Waals surface area contributed by atoms with Gasteiger partial charge in [0.1, 0.15) is 22.4 Å². The summed E-state index contributed by atoms with van der Waals surface area (Å²) in [4.78, 5) is 23.0. The van der Waals surface area contributed by atoms with Crippen molar-refractivity contribution in [3.05, 3.63) is 48.7 Å². The first-order chi connectivity index (χ1) is 15.6. The zero-order valence-corrected chi connectivity index (χ0v) is 17.1. The van der Waals surface area contributed by atoms with E-state index < -0.39 is 29.7 Å². The van der Waals surface area contributed by atoms with Gasteiger partial charge in [0.05, 0.1) is 17.8 Å². The molecule has 0 saturated carbocycles. The fourth-order valence-corrected chi connectivity index (χ4v) is 4.06. The molecule has 3 aromatic heterocycles. The molecule has 1 N–H and O–H groups in total. The maximum absolute atomic E-state index is 13.2. The van der Waals surface area contributed by atoms with E-state index in [1.54, 1.807) is 16.9 Å². The van der Waals surface area contributed by atoms with Crippen LogP contribution in [0.15, 0.2) is 43.0 Å². The summed E-state index contributed by atoms with van der Waals surface area (Å²) in [6.45, 7) is 4.25. The quantitative estimate of drug-likeness (QED) is 0.474. The number of likely N-dealkylation sites (tertiary alicyclic amines) is 1. The molecule has 3 aromatic rings. The number of carbonyl (C=O) groups excluding carboxylic acids is 1. The van der Waals surface area contributed by atoms with Gasteiger partial charge in [-0.05, 0) is 18.2 Å². The first-order valence-corrected chi connectivity index (χ1v) is 10.1. The molecule has 0 atom stereocenters. The minimum atomic E-state index is -4.56. The van der Waals surface area contributed by atoms with E-state index in [1.807, 2.05) is 4.90 Å². The molecule has 0 radical (unpaired) electrons. The van der Waals surface area contributed by atoms with E-state index in [4.69, 9.17) is 0 Å². The summed E-state index contributed by atoms with van der Waals surface area (Å²) < 4.78 is 53.7. The van der Waals surface area contributed by atoms with Gasteiger partial charge in [0.15, 0.2) is 5.83 Å². The van der Waals surface area contributed by atoms with Gasteiger partial charge in [-0.3, -0.25) is 19.4 Å². The van der Waals surface area contributed by atoms with Crippen LogP contribution >= 0.6 is 0 Å². The van der Waals surface area contributed by atoms with Gasteiger partial charge in [-0.2, -0.15) is 18.3 Å². The summed E-state index contributed by atoms with van der Waals surface area (Å²) in [5.41, 5.74) is 1.50. The third-order valence-corrected chi connectivity index (χ3v) is 5.82. The van der Waals surface area contributed by atoms with Gasteiger partial charge in [-0.15, -0.1) is 0 Å². The van der Waals surface area contributed by atoms with Crippen LogP contribution in [0.5, 0.6) is 0 Å².